The Balaban J connectivity index is 2.24. The molecule has 21 heavy (non-hydrogen) atoms. The number of nitrogens with one attached hydrogen (secondary N) is 1. The molecule has 0 bridgehead atoms. The Hall–Kier alpha value is -2.65. The maximum absolute atomic E-state index is 13.6. The number of halogens is 2. The Morgan fingerprint density at radius 3 is 2.71 bits per heavy atom. The molecule has 7 heteroatoms. The van der Waals surface area contributed by atoms with Crippen LogP contribution in [-0.2, 0) is 6.54 Å². The van der Waals surface area contributed by atoms with Crippen molar-refractivity contribution in [2.75, 3.05) is 5.32 Å². The zero-order chi connectivity index (χ0) is 15.4. The van der Waals surface area contributed by atoms with E-state index in [1.165, 1.54) is 36.4 Å². The minimum absolute atomic E-state index is 0.0652. The molecular formula is C14H9ClFN3O2. The van der Waals surface area contributed by atoms with E-state index in [4.69, 9.17) is 16.9 Å². The van der Waals surface area contributed by atoms with Crippen molar-refractivity contribution in [1.29, 1.82) is 5.26 Å². The van der Waals surface area contributed by atoms with Crippen LogP contribution in [0.5, 0.6) is 0 Å². The van der Waals surface area contributed by atoms with Gasteiger partial charge in [-0.3, -0.25) is 10.1 Å². The van der Waals surface area contributed by atoms with Crippen molar-refractivity contribution in [3.8, 4) is 6.07 Å². The smallest absolute Gasteiger partial charge is 0.293 e. The zero-order valence-electron chi connectivity index (χ0n) is 10.6. The summed E-state index contributed by atoms with van der Waals surface area (Å²) in [7, 11) is 0. The van der Waals surface area contributed by atoms with Crippen molar-refractivity contribution in [1.82, 2.24) is 0 Å². The van der Waals surface area contributed by atoms with Crippen molar-refractivity contribution < 1.29 is 9.31 Å². The van der Waals surface area contributed by atoms with E-state index in [1.807, 2.05) is 6.07 Å². The van der Waals surface area contributed by atoms with Gasteiger partial charge in [-0.1, -0.05) is 17.7 Å². The maximum atomic E-state index is 13.6. The molecule has 106 valence electrons. The van der Waals surface area contributed by atoms with E-state index in [-0.39, 0.29) is 28.5 Å². The Bertz CT molecular complexity index is 743. The highest BCUT2D eigenvalue weighted by Gasteiger charge is 2.15. The summed E-state index contributed by atoms with van der Waals surface area (Å²) < 4.78 is 13.6. The Morgan fingerprint density at radius 2 is 2.10 bits per heavy atom. The van der Waals surface area contributed by atoms with Crippen molar-refractivity contribution >= 4 is 23.0 Å². The van der Waals surface area contributed by atoms with Gasteiger partial charge in [-0.25, -0.2) is 4.39 Å². The molecule has 2 rings (SSSR count). The Morgan fingerprint density at radius 1 is 1.33 bits per heavy atom. The second-order valence-corrected chi connectivity index (χ2v) is 4.63. The van der Waals surface area contributed by atoms with Gasteiger partial charge in [-0.05, 0) is 24.3 Å². The number of benzene rings is 2. The minimum Gasteiger partial charge on any atom is -0.375 e. The van der Waals surface area contributed by atoms with Crippen LogP contribution in [0.25, 0.3) is 0 Å². The van der Waals surface area contributed by atoms with Crippen LogP contribution in [0.2, 0.25) is 5.02 Å². The average Bonchev–Trinajstić information content (AvgIpc) is 2.46. The standard InChI is InChI=1S/C14H9ClFN3O2/c15-11-3-2-10(12(16)6-11)8-18-13-4-1-9(7-17)5-14(13)19(20)21/h1-6,18H,8H2. The first-order valence-corrected chi connectivity index (χ1v) is 6.25. The Kier molecular flexibility index (Phi) is 4.36. The summed E-state index contributed by atoms with van der Waals surface area (Å²) in [6.07, 6.45) is 0. The highest BCUT2D eigenvalue weighted by atomic mass is 35.5. The van der Waals surface area contributed by atoms with Gasteiger partial charge in [0.05, 0.1) is 16.6 Å². The lowest BCUT2D eigenvalue weighted by Gasteiger charge is -2.08. The molecule has 0 aliphatic rings. The predicted octanol–water partition coefficient (Wildman–Crippen LogP) is 3.87. The van der Waals surface area contributed by atoms with Gasteiger partial charge < -0.3 is 5.32 Å². The normalized spacial score (nSPS) is 9.95. The monoisotopic (exact) mass is 305 g/mol. The lowest BCUT2D eigenvalue weighted by atomic mass is 10.1. The molecule has 0 unspecified atom stereocenters. The van der Waals surface area contributed by atoms with E-state index in [9.17, 15) is 14.5 Å². The molecular weight excluding hydrogens is 297 g/mol. The summed E-state index contributed by atoms with van der Waals surface area (Å²) in [4.78, 5) is 10.4. The number of nitro groups is 1. The summed E-state index contributed by atoms with van der Waals surface area (Å²) in [5.74, 6) is -0.494. The molecule has 0 amide bonds. The van der Waals surface area contributed by atoms with Gasteiger partial charge in [0.25, 0.3) is 5.69 Å². The number of hydrogen-bond donors (Lipinski definition) is 1. The fourth-order valence-corrected chi connectivity index (χ4v) is 1.92. The van der Waals surface area contributed by atoms with Crippen molar-refractivity contribution in [3.05, 3.63) is 68.5 Å². The van der Waals surface area contributed by atoms with Crippen molar-refractivity contribution in [2.24, 2.45) is 0 Å². The summed E-state index contributed by atoms with van der Waals surface area (Å²) >= 11 is 5.65. The van der Waals surface area contributed by atoms with Gasteiger partial charge in [0, 0.05) is 23.2 Å². The number of nitriles is 1. The fraction of sp³-hybridized carbons (Fsp3) is 0.0714. The molecule has 2 aromatic rings. The molecule has 0 spiro atoms. The molecule has 0 aromatic heterocycles. The molecule has 0 heterocycles. The molecule has 0 aliphatic heterocycles. The maximum Gasteiger partial charge on any atom is 0.293 e. The number of nitro benzene ring substituents is 1. The third-order valence-electron chi connectivity index (χ3n) is 2.81. The number of nitrogens with zero attached hydrogens (tertiary/aromatic N) is 2. The summed E-state index contributed by atoms with van der Waals surface area (Å²) in [6, 6.07) is 10.1. The van der Waals surface area contributed by atoms with Crippen molar-refractivity contribution in [3.63, 3.8) is 0 Å². The SMILES string of the molecule is N#Cc1ccc(NCc2ccc(Cl)cc2F)c([N+](=O)[O-])c1. The molecule has 1 N–H and O–H groups in total. The third-order valence-corrected chi connectivity index (χ3v) is 3.04. The van der Waals surface area contributed by atoms with E-state index >= 15 is 0 Å². The van der Waals surface area contributed by atoms with E-state index in [1.54, 1.807) is 0 Å². The second-order valence-electron chi connectivity index (χ2n) is 4.19. The third kappa shape index (κ3) is 3.46. The molecule has 0 aliphatic carbocycles. The van der Waals surface area contributed by atoms with Gasteiger partial charge in [0.1, 0.15) is 11.5 Å². The molecule has 0 fully saturated rings. The van der Waals surface area contributed by atoms with Crippen LogP contribution < -0.4 is 5.32 Å². The quantitative estimate of drug-likeness (QED) is 0.687. The molecule has 0 radical (unpaired) electrons. The van der Waals surface area contributed by atoms with Crippen LogP contribution in [0.1, 0.15) is 11.1 Å². The van der Waals surface area contributed by atoms with Gasteiger partial charge >= 0.3 is 0 Å². The van der Waals surface area contributed by atoms with Gasteiger partial charge in [0.15, 0.2) is 0 Å². The number of rotatable bonds is 4. The Labute approximate surface area is 124 Å². The topological polar surface area (TPSA) is 79.0 Å². The summed E-state index contributed by atoms with van der Waals surface area (Å²) in [5.41, 5.74) is 0.500. The first kappa shape index (κ1) is 14.8. The summed E-state index contributed by atoms with van der Waals surface area (Å²) in [6.45, 7) is 0.0652. The molecule has 5 nitrogen and oxygen atoms in total. The highest BCUT2D eigenvalue weighted by molar-refractivity contribution is 6.30. The number of anilines is 1. The van der Waals surface area contributed by atoms with Crippen molar-refractivity contribution in [2.45, 2.75) is 6.54 Å². The highest BCUT2D eigenvalue weighted by Crippen LogP contribution is 2.26. The van der Waals surface area contributed by atoms with Crippen LogP contribution in [-0.4, -0.2) is 4.92 Å². The van der Waals surface area contributed by atoms with Gasteiger partial charge in [0.2, 0.25) is 0 Å². The van der Waals surface area contributed by atoms with E-state index in [0.29, 0.717) is 5.56 Å². The van der Waals surface area contributed by atoms with E-state index in [0.717, 1.165) is 0 Å². The van der Waals surface area contributed by atoms with Crippen LogP contribution >= 0.6 is 11.6 Å². The first-order valence-electron chi connectivity index (χ1n) is 5.87. The van der Waals surface area contributed by atoms with E-state index in [2.05, 4.69) is 5.32 Å². The largest absolute Gasteiger partial charge is 0.375 e. The lowest BCUT2D eigenvalue weighted by molar-refractivity contribution is -0.384. The van der Waals surface area contributed by atoms with Gasteiger partial charge in [-0.15, -0.1) is 0 Å². The van der Waals surface area contributed by atoms with E-state index < -0.39 is 10.7 Å². The van der Waals surface area contributed by atoms with Crippen LogP contribution in [0.4, 0.5) is 15.8 Å². The molecule has 0 saturated carbocycles. The fourth-order valence-electron chi connectivity index (χ4n) is 1.76. The van der Waals surface area contributed by atoms with Crippen LogP contribution in [0.3, 0.4) is 0 Å². The minimum atomic E-state index is -0.596. The lowest BCUT2D eigenvalue weighted by Crippen LogP contribution is -2.04. The molecule has 0 saturated heterocycles. The van der Waals surface area contributed by atoms with Crippen LogP contribution in [0, 0.1) is 27.3 Å². The number of hydrogen-bond acceptors (Lipinski definition) is 4. The molecule has 0 atom stereocenters. The van der Waals surface area contributed by atoms with Gasteiger partial charge in [-0.2, -0.15) is 5.26 Å². The molecule has 2 aromatic carbocycles. The second kappa shape index (κ2) is 6.20. The summed E-state index contributed by atoms with van der Waals surface area (Å²) in [5, 5.41) is 22.8. The first-order chi connectivity index (χ1) is 10.0. The predicted molar refractivity (Wildman–Crippen MR) is 76.5 cm³/mol. The zero-order valence-corrected chi connectivity index (χ0v) is 11.4. The van der Waals surface area contributed by atoms with Crippen LogP contribution in [0.15, 0.2) is 36.4 Å². The average molecular weight is 306 g/mol.